The van der Waals surface area contributed by atoms with Crippen molar-refractivity contribution in [3.05, 3.63) is 35.9 Å². The minimum Gasteiger partial charge on any atom is -0.493 e. The van der Waals surface area contributed by atoms with Gasteiger partial charge in [-0.2, -0.15) is 5.10 Å². The monoisotopic (exact) mass is 396 g/mol. The molecule has 0 amide bonds. The summed E-state index contributed by atoms with van der Waals surface area (Å²) in [6.07, 6.45) is 2.42. The molecule has 1 N–H and O–H groups in total. The molecule has 1 aromatic carbocycles. The van der Waals surface area contributed by atoms with E-state index in [1.54, 1.807) is 7.11 Å². The maximum absolute atomic E-state index is 11.3. The number of para-hydroxylation sites is 2. The third-order valence-electron chi connectivity index (χ3n) is 4.14. The van der Waals surface area contributed by atoms with E-state index >= 15 is 0 Å². The first-order valence-electron chi connectivity index (χ1n) is 8.69. The molecule has 0 spiro atoms. The van der Waals surface area contributed by atoms with Crippen LogP contribution in [0.1, 0.15) is 24.1 Å². The Labute approximate surface area is 158 Å². The smallest absolute Gasteiger partial charge is 0.208 e. The van der Waals surface area contributed by atoms with Crippen molar-refractivity contribution in [2.24, 2.45) is 0 Å². The summed E-state index contributed by atoms with van der Waals surface area (Å²) in [6.45, 7) is 1.70. The van der Waals surface area contributed by atoms with E-state index in [1.807, 2.05) is 28.9 Å². The maximum Gasteiger partial charge on any atom is 0.208 e. The second-order valence-corrected chi connectivity index (χ2v) is 8.10. The molecule has 2 heterocycles. The number of hydrogen-bond acceptors (Lipinski definition) is 7. The highest BCUT2D eigenvalue weighted by molar-refractivity contribution is 7.88. The summed E-state index contributed by atoms with van der Waals surface area (Å²) in [7, 11) is -1.66. The molecule has 0 aliphatic carbocycles. The molecule has 3 rings (SSSR count). The van der Waals surface area contributed by atoms with Gasteiger partial charge in [0, 0.05) is 19.6 Å². The molecule has 1 atom stereocenters. The van der Waals surface area contributed by atoms with Gasteiger partial charge in [0.25, 0.3) is 0 Å². The van der Waals surface area contributed by atoms with Gasteiger partial charge < -0.3 is 14.2 Å². The molecule has 10 heteroatoms. The third kappa shape index (κ3) is 5.41. The Hall–Kier alpha value is -2.17. The first kappa shape index (κ1) is 19.6. The van der Waals surface area contributed by atoms with Gasteiger partial charge in [-0.05, 0) is 18.6 Å². The number of hydrogen-bond donors (Lipinski definition) is 1. The van der Waals surface area contributed by atoms with Crippen LogP contribution in [0.25, 0.3) is 0 Å². The topological polar surface area (TPSA) is 105 Å². The van der Waals surface area contributed by atoms with Crippen molar-refractivity contribution >= 4 is 10.0 Å². The van der Waals surface area contributed by atoms with E-state index in [2.05, 4.69) is 14.8 Å². The lowest BCUT2D eigenvalue weighted by Crippen LogP contribution is -2.26. The van der Waals surface area contributed by atoms with Crippen LogP contribution >= 0.6 is 0 Å². The van der Waals surface area contributed by atoms with E-state index in [4.69, 9.17) is 14.2 Å². The minimum atomic E-state index is -3.24. The number of sulfonamides is 1. The van der Waals surface area contributed by atoms with Crippen LogP contribution in [0.3, 0.4) is 0 Å². The summed E-state index contributed by atoms with van der Waals surface area (Å²) in [5, 5.41) is 4.56. The Kier molecular flexibility index (Phi) is 6.30. The van der Waals surface area contributed by atoms with E-state index < -0.39 is 10.0 Å². The number of ether oxygens (including phenoxy) is 3. The minimum absolute atomic E-state index is 0.103. The Bertz CT molecular complexity index is 862. The molecule has 1 aliphatic heterocycles. The molecular formula is C17H24N4O5S. The van der Waals surface area contributed by atoms with Gasteiger partial charge in [-0.25, -0.2) is 22.8 Å². The van der Waals surface area contributed by atoms with E-state index in [1.165, 1.54) is 0 Å². The average molecular weight is 396 g/mol. The Morgan fingerprint density at radius 3 is 2.78 bits per heavy atom. The average Bonchev–Trinajstić information content (AvgIpc) is 3.28. The van der Waals surface area contributed by atoms with Gasteiger partial charge in [-0.15, -0.1) is 0 Å². The number of rotatable bonds is 9. The molecule has 2 aromatic rings. The van der Waals surface area contributed by atoms with Crippen LogP contribution < -0.4 is 14.2 Å². The van der Waals surface area contributed by atoms with Gasteiger partial charge in [0.1, 0.15) is 12.4 Å². The highest BCUT2D eigenvalue weighted by atomic mass is 32.2. The number of benzene rings is 1. The quantitative estimate of drug-likeness (QED) is 0.672. The summed E-state index contributed by atoms with van der Waals surface area (Å²) in [6, 6.07) is 7.47. The third-order valence-corrected chi connectivity index (χ3v) is 4.86. The summed E-state index contributed by atoms with van der Waals surface area (Å²) >= 11 is 0. The lowest BCUT2D eigenvalue weighted by molar-refractivity contribution is 0.183. The summed E-state index contributed by atoms with van der Waals surface area (Å²) in [4.78, 5) is 4.54. The second kappa shape index (κ2) is 8.68. The molecule has 1 aromatic heterocycles. The van der Waals surface area contributed by atoms with Crippen molar-refractivity contribution in [1.29, 1.82) is 0 Å². The number of methoxy groups -OCH3 is 1. The van der Waals surface area contributed by atoms with Crippen LogP contribution in [0.5, 0.6) is 11.5 Å². The largest absolute Gasteiger partial charge is 0.493 e. The SMILES string of the molecule is COc1ccccc1OCc1nc(CCNS(C)(=O)=O)n(C2CCOC2)n1. The van der Waals surface area contributed by atoms with E-state index in [9.17, 15) is 8.42 Å². The van der Waals surface area contributed by atoms with E-state index in [0.717, 1.165) is 12.7 Å². The zero-order valence-corrected chi connectivity index (χ0v) is 16.2. The fourth-order valence-corrected chi connectivity index (χ4v) is 3.35. The fourth-order valence-electron chi connectivity index (χ4n) is 2.87. The van der Waals surface area contributed by atoms with E-state index in [0.29, 0.717) is 42.8 Å². The molecule has 0 bridgehead atoms. The Balaban J connectivity index is 1.72. The molecule has 0 radical (unpaired) electrons. The Morgan fingerprint density at radius 2 is 2.11 bits per heavy atom. The van der Waals surface area contributed by atoms with Crippen LogP contribution in [0, 0.1) is 0 Å². The van der Waals surface area contributed by atoms with Gasteiger partial charge in [-0.1, -0.05) is 12.1 Å². The summed E-state index contributed by atoms with van der Waals surface area (Å²) in [5.74, 6) is 2.49. The molecule has 1 aliphatic rings. The van der Waals surface area contributed by atoms with Crippen molar-refractivity contribution in [2.75, 3.05) is 33.1 Å². The fraction of sp³-hybridized carbons (Fsp3) is 0.529. The predicted octanol–water partition coefficient (Wildman–Crippen LogP) is 0.919. The lowest BCUT2D eigenvalue weighted by Gasteiger charge is -2.11. The molecule has 148 valence electrons. The zero-order valence-electron chi connectivity index (χ0n) is 15.4. The number of aromatic nitrogens is 3. The van der Waals surface area contributed by atoms with E-state index in [-0.39, 0.29) is 19.2 Å². The van der Waals surface area contributed by atoms with Gasteiger partial charge in [0.05, 0.1) is 26.0 Å². The van der Waals surface area contributed by atoms with Gasteiger partial charge >= 0.3 is 0 Å². The second-order valence-electron chi connectivity index (χ2n) is 6.26. The van der Waals surface area contributed by atoms with Crippen LogP contribution in [0.4, 0.5) is 0 Å². The first-order valence-corrected chi connectivity index (χ1v) is 10.6. The highest BCUT2D eigenvalue weighted by Crippen LogP contribution is 2.26. The standard InChI is InChI=1S/C17H24N4O5S/c1-24-14-5-3-4-6-15(14)26-12-16-19-17(7-9-18-27(2,22)23)21(20-16)13-8-10-25-11-13/h3-6,13,18H,7-12H2,1-2H3. The maximum atomic E-state index is 11.3. The summed E-state index contributed by atoms with van der Waals surface area (Å²) in [5.41, 5.74) is 0. The molecule has 0 saturated carbocycles. The van der Waals surface area contributed by atoms with Gasteiger partial charge in [0.15, 0.2) is 17.3 Å². The van der Waals surface area contributed by atoms with Crippen LogP contribution in [0.15, 0.2) is 24.3 Å². The predicted molar refractivity (Wildman–Crippen MR) is 98.4 cm³/mol. The Morgan fingerprint density at radius 1 is 1.33 bits per heavy atom. The van der Waals surface area contributed by atoms with Crippen molar-refractivity contribution in [3.8, 4) is 11.5 Å². The van der Waals surface area contributed by atoms with Gasteiger partial charge in [-0.3, -0.25) is 0 Å². The van der Waals surface area contributed by atoms with Crippen molar-refractivity contribution < 1.29 is 22.6 Å². The first-order chi connectivity index (χ1) is 13.0. The highest BCUT2D eigenvalue weighted by Gasteiger charge is 2.23. The van der Waals surface area contributed by atoms with Gasteiger partial charge in [0.2, 0.25) is 10.0 Å². The normalized spacial score (nSPS) is 17.2. The number of nitrogens with one attached hydrogen (secondary N) is 1. The molecular weight excluding hydrogens is 372 g/mol. The van der Waals surface area contributed by atoms with Crippen LogP contribution in [-0.4, -0.2) is 56.3 Å². The van der Waals surface area contributed by atoms with Crippen LogP contribution in [0.2, 0.25) is 0 Å². The number of nitrogens with zero attached hydrogens (tertiary/aromatic N) is 3. The zero-order chi connectivity index (χ0) is 19.3. The van der Waals surface area contributed by atoms with Crippen molar-refractivity contribution in [3.63, 3.8) is 0 Å². The molecule has 9 nitrogen and oxygen atoms in total. The summed E-state index contributed by atoms with van der Waals surface area (Å²) < 4.78 is 43.4. The molecule has 1 unspecified atom stereocenters. The lowest BCUT2D eigenvalue weighted by atomic mass is 10.2. The molecule has 27 heavy (non-hydrogen) atoms. The van der Waals surface area contributed by atoms with Crippen LogP contribution in [-0.2, 0) is 27.8 Å². The van der Waals surface area contributed by atoms with Crippen molar-refractivity contribution in [1.82, 2.24) is 19.5 Å². The molecule has 1 saturated heterocycles. The molecule has 1 fully saturated rings. The van der Waals surface area contributed by atoms with Crippen molar-refractivity contribution in [2.45, 2.75) is 25.5 Å².